The molecule has 11 heteroatoms. The number of carbonyl (C=O) groups is 1. The molecule has 4 rings (SSSR count). The standard InChI is InChI=1S/C17H15N9O2/c27-17(19-13-6-8-14(9-7-13)25-12-18-22-24-25)10-26-21-16(20-23-26)11-28-15-4-2-1-3-5-15/h1-9,12H,10-11H2,(H,19,27). The van der Waals surface area contributed by atoms with Crippen molar-refractivity contribution >= 4 is 11.6 Å². The minimum atomic E-state index is -0.275. The molecule has 0 saturated heterocycles. The number of hydrogen-bond donors (Lipinski definition) is 1. The van der Waals surface area contributed by atoms with Gasteiger partial charge in [-0.05, 0) is 52.0 Å². The van der Waals surface area contributed by atoms with E-state index >= 15 is 0 Å². The van der Waals surface area contributed by atoms with Crippen molar-refractivity contribution in [1.29, 1.82) is 0 Å². The van der Waals surface area contributed by atoms with Crippen LogP contribution in [0.3, 0.4) is 0 Å². The summed E-state index contributed by atoms with van der Waals surface area (Å²) in [4.78, 5) is 13.4. The Morgan fingerprint density at radius 3 is 2.61 bits per heavy atom. The molecule has 1 N–H and O–H groups in total. The number of carbonyl (C=O) groups excluding carboxylic acids is 1. The lowest BCUT2D eigenvalue weighted by Gasteiger charge is -2.05. The van der Waals surface area contributed by atoms with E-state index in [0.29, 0.717) is 17.3 Å². The Bertz CT molecular complexity index is 1030. The molecule has 0 atom stereocenters. The monoisotopic (exact) mass is 377 g/mol. The van der Waals surface area contributed by atoms with Gasteiger partial charge in [0.2, 0.25) is 11.7 Å². The van der Waals surface area contributed by atoms with Crippen molar-refractivity contribution in [3.05, 3.63) is 66.7 Å². The first-order valence-electron chi connectivity index (χ1n) is 8.34. The molecule has 0 aliphatic heterocycles. The highest BCUT2D eigenvalue weighted by Crippen LogP contribution is 2.12. The summed E-state index contributed by atoms with van der Waals surface area (Å²) < 4.78 is 7.07. The van der Waals surface area contributed by atoms with E-state index in [2.05, 4.69) is 36.3 Å². The molecule has 1 amide bonds. The Morgan fingerprint density at radius 1 is 1.04 bits per heavy atom. The molecule has 140 valence electrons. The number of amides is 1. The van der Waals surface area contributed by atoms with Crippen LogP contribution in [0.25, 0.3) is 5.69 Å². The molecule has 0 saturated carbocycles. The lowest BCUT2D eigenvalue weighted by molar-refractivity contribution is -0.117. The molecule has 0 bridgehead atoms. The number of para-hydroxylation sites is 1. The fraction of sp³-hybridized carbons (Fsp3) is 0.118. The van der Waals surface area contributed by atoms with Crippen LogP contribution >= 0.6 is 0 Å². The minimum absolute atomic E-state index is 0.0624. The van der Waals surface area contributed by atoms with Crippen molar-refractivity contribution in [2.75, 3.05) is 5.32 Å². The maximum atomic E-state index is 12.2. The Kier molecular flexibility index (Phi) is 4.96. The predicted octanol–water partition coefficient (Wildman–Crippen LogP) is 0.866. The van der Waals surface area contributed by atoms with E-state index in [9.17, 15) is 4.79 Å². The number of rotatable bonds is 7. The van der Waals surface area contributed by atoms with Gasteiger partial charge in [-0.3, -0.25) is 4.79 Å². The Labute approximate surface area is 158 Å². The zero-order chi connectivity index (χ0) is 19.2. The van der Waals surface area contributed by atoms with Gasteiger partial charge in [-0.15, -0.1) is 15.3 Å². The van der Waals surface area contributed by atoms with Gasteiger partial charge < -0.3 is 10.1 Å². The zero-order valence-electron chi connectivity index (χ0n) is 14.6. The second-order valence-electron chi connectivity index (χ2n) is 5.69. The van der Waals surface area contributed by atoms with Crippen LogP contribution in [0.2, 0.25) is 0 Å². The van der Waals surface area contributed by atoms with Crippen LogP contribution in [0.1, 0.15) is 5.82 Å². The topological polar surface area (TPSA) is 126 Å². The van der Waals surface area contributed by atoms with Gasteiger partial charge in [0.1, 0.15) is 18.6 Å². The van der Waals surface area contributed by atoms with E-state index in [1.54, 1.807) is 24.3 Å². The Hall–Kier alpha value is -4.15. The van der Waals surface area contributed by atoms with Crippen LogP contribution in [-0.2, 0) is 17.9 Å². The van der Waals surface area contributed by atoms with Gasteiger partial charge in [0.25, 0.3) is 0 Å². The second kappa shape index (κ2) is 8.03. The number of anilines is 1. The average molecular weight is 377 g/mol. The van der Waals surface area contributed by atoms with Crippen molar-refractivity contribution in [3.8, 4) is 11.4 Å². The van der Waals surface area contributed by atoms with E-state index in [1.165, 1.54) is 15.8 Å². The summed E-state index contributed by atoms with van der Waals surface area (Å²) in [6.45, 7) is 0.108. The highest BCUT2D eigenvalue weighted by Gasteiger charge is 2.09. The normalized spacial score (nSPS) is 10.6. The zero-order valence-corrected chi connectivity index (χ0v) is 14.6. The first-order valence-corrected chi connectivity index (χ1v) is 8.34. The number of hydrogen-bond acceptors (Lipinski definition) is 8. The molecule has 11 nitrogen and oxygen atoms in total. The first-order chi connectivity index (χ1) is 13.8. The second-order valence-corrected chi connectivity index (χ2v) is 5.69. The highest BCUT2D eigenvalue weighted by atomic mass is 16.5. The lowest BCUT2D eigenvalue weighted by Crippen LogP contribution is -2.20. The number of benzene rings is 2. The average Bonchev–Trinajstić information content (AvgIpc) is 3.40. The molecule has 2 aromatic carbocycles. The van der Waals surface area contributed by atoms with Crippen LogP contribution in [0.4, 0.5) is 5.69 Å². The third-order valence-electron chi connectivity index (χ3n) is 3.66. The molecule has 2 aromatic heterocycles. The van der Waals surface area contributed by atoms with Gasteiger partial charge in [-0.2, -0.15) is 4.80 Å². The molecule has 4 aromatic rings. The van der Waals surface area contributed by atoms with E-state index in [-0.39, 0.29) is 19.1 Å². The van der Waals surface area contributed by atoms with E-state index in [1.807, 2.05) is 30.3 Å². The van der Waals surface area contributed by atoms with Gasteiger partial charge in [0, 0.05) is 5.69 Å². The lowest BCUT2D eigenvalue weighted by atomic mass is 10.3. The molecule has 0 spiro atoms. The van der Waals surface area contributed by atoms with Crippen LogP contribution < -0.4 is 10.1 Å². The van der Waals surface area contributed by atoms with Gasteiger partial charge in [-0.1, -0.05) is 18.2 Å². The van der Waals surface area contributed by atoms with Crippen LogP contribution in [0.15, 0.2) is 60.9 Å². The highest BCUT2D eigenvalue weighted by molar-refractivity contribution is 5.90. The maximum Gasteiger partial charge on any atom is 0.248 e. The minimum Gasteiger partial charge on any atom is -0.485 e. The molecule has 28 heavy (non-hydrogen) atoms. The fourth-order valence-electron chi connectivity index (χ4n) is 2.37. The Morgan fingerprint density at radius 2 is 1.86 bits per heavy atom. The summed E-state index contributed by atoms with van der Waals surface area (Å²) in [7, 11) is 0. The molecule has 2 heterocycles. The first kappa shape index (κ1) is 17.3. The molecule has 0 aliphatic rings. The van der Waals surface area contributed by atoms with Crippen molar-refractivity contribution in [2.24, 2.45) is 0 Å². The van der Waals surface area contributed by atoms with Crippen LogP contribution in [0, 0.1) is 0 Å². The number of ether oxygens (including phenoxy) is 1. The van der Waals surface area contributed by atoms with Crippen LogP contribution in [0.5, 0.6) is 5.75 Å². The van der Waals surface area contributed by atoms with Gasteiger partial charge in [0.05, 0.1) is 5.69 Å². The summed E-state index contributed by atoms with van der Waals surface area (Å²) in [5.41, 5.74) is 1.42. The molecule has 0 radical (unpaired) electrons. The number of nitrogens with zero attached hydrogens (tertiary/aromatic N) is 8. The Balaban J connectivity index is 1.30. The largest absolute Gasteiger partial charge is 0.485 e. The van der Waals surface area contributed by atoms with Crippen LogP contribution in [-0.4, -0.2) is 46.3 Å². The van der Waals surface area contributed by atoms with E-state index in [0.717, 1.165) is 5.69 Å². The van der Waals surface area contributed by atoms with Crippen molar-refractivity contribution in [1.82, 2.24) is 40.4 Å². The molecule has 0 fully saturated rings. The smallest absolute Gasteiger partial charge is 0.248 e. The molecule has 0 aliphatic carbocycles. The number of aromatic nitrogens is 8. The summed E-state index contributed by atoms with van der Waals surface area (Å²) in [5, 5.41) is 25.6. The third-order valence-corrected chi connectivity index (χ3v) is 3.66. The van der Waals surface area contributed by atoms with Gasteiger partial charge in [-0.25, -0.2) is 4.68 Å². The van der Waals surface area contributed by atoms with Crippen molar-refractivity contribution in [3.63, 3.8) is 0 Å². The van der Waals surface area contributed by atoms with Crippen molar-refractivity contribution < 1.29 is 9.53 Å². The van der Waals surface area contributed by atoms with Gasteiger partial charge in [0.15, 0.2) is 6.61 Å². The number of nitrogens with one attached hydrogen (secondary N) is 1. The van der Waals surface area contributed by atoms with Gasteiger partial charge >= 0.3 is 0 Å². The summed E-state index contributed by atoms with van der Waals surface area (Å²) in [6.07, 6.45) is 1.49. The third kappa shape index (κ3) is 4.33. The molecule has 0 unspecified atom stereocenters. The SMILES string of the molecule is O=C(Cn1nnc(COc2ccccc2)n1)Nc1ccc(-n2cnnn2)cc1. The quantitative estimate of drug-likeness (QED) is 0.503. The molecular weight excluding hydrogens is 362 g/mol. The molecular formula is C17H15N9O2. The number of tetrazole rings is 2. The maximum absolute atomic E-state index is 12.2. The summed E-state index contributed by atoms with van der Waals surface area (Å²) in [6, 6.07) is 16.4. The summed E-state index contributed by atoms with van der Waals surface area (Å²) >= 11 is 0. The van der Waals surface area contributed by atoms with E-state index < -0.39 is 0 Å². The van der Waals surface area contributed by atoms with E-state index in [4.69, 9.17) is 4.74 Å². The summed E-state index contributed by atoms with van der Waals surface area (Å²) in [5.74, 6) is 0.826. The predicted molar refractivity (Wildman–Crippen MR) is 96.4 cm³/mol. The van der Waals surface area contributed by atoms with Crippen molar-refractivity contribution in [2.45, 2.75) is 13.2 Å². The fourth-order valence-corrected chi connectivity index (χ4v) is 2.37.